The van der Waals surface area contributed by atoms with Crippen molar-refractivity contribution in [2.24, 2.45) is 0 Å². The van der Waals surface area contributed by atoms with Crippen molar-refractivity contribution in [3.8, 4) is 5.75 Å². The van der Waals surface area contributed by atoms with Gasteiger partial charge in [-0.15, -0.1) is 0 Å². The molecule has 2 aliphatic heterocycles. The fourth-order valence-electron chi connectivity index (χ4n) is 5.82. The largest absolute Gasteiger partial charge is 0.497 e. The molecule has 2 aromatic carbocycles. The van der Waals surface area contributed by atoms with Gasteiger partial charge >= 0.3 is 0 Å². The molecule has 3 fully saturated rings. The third kappa shape index (κ3) is 4.01. The Morgan fingerprint density at radius 3 is 2.36 bits per heavy atom. The van der Waals surface area contributed by atoms with Gasteiger partial charge in [0.25, 0.3) is 5.91 Å². The first-order valence-electron chi connectivity index (χ1n) is 12.0. The second-order valence-electron chi connectivity index (χ2n) is 9.64. The first kappa shape index (κ1) is 22.0. The van der Waals surface area contributed by atoms with Crippen molar-refractivity contribution < 1.29 is 19.1 Å². The normalized spacial score (nSPS) is 24.8. The molecule has 1 atom stereocenters. The highest BCUT2D eigenvalue weighted by atomic mass is 16.5. The van der Waals surface area contributed by atoms with Crippen LogP contribution in [0.3, 0.4) is 0 Å². The first-order chi connectivity index (χ1) is 16.1. The predicted octanol–water partition coefficient (Wildman–Crippen LogP) is 3.93. The minimum Gasteiger partial charge on any atom is -0.497 e. The molecule has 0 N–H and O–H groups in total. The summed E-state index contributed by atoms with van der Waals surface area (Å²) in [6, 6.07) is 17.8. The number of hydrogen-bond acceptors (Lipinski definition) is 4. The van der Waals surface area contributed by atoms with Gasteiger partial charge < -0.3 is 19.3 Å². The van der Waals surface area contributed by atoms with Crippen LogP contribution in [0.25, 0.3) is 0 Å². The third-order valence-corrected chi connectivity index (χ3v) is 7.68. The van der Waals surface area contributed by atoms with E-state index in [9.17, 15) is 9.59 Å². The second-order valence-corrected chi connectivity index (χ2v) is 9.64. The summed E-state index contributed by atoms with van der Waals surface area (Å²) in [6.45, 7) is 1.73. The number of benzene rings is 2. The Kier molecular flexibility index (Phi) is 5.87. The van der Waals surface area contributed by atoms with Gasteiger partial charge in [-0.1, -0.05) is 49.6 Å². The number of amides is 2. The lowest BCUT2D eigenvalue weighted by Crippen LogP contribution is -2.57. The number of methoxy groups -OCH3 is 1. The molecule has 1 aliphatic carbocycles. The number of rotatable bonds is 4. The summed E-state index contributed by atoms with van der Waals surface area (Å²) < 4.78 is 11.5. The Bertz CT molecular complexity index is 1000. The number of para-hydroxylation sites is 1. The molecule has 5 rings (SSSR count). The molecule has 0 radical (unpaired) electrons. The molecule has 0 bridgehead atoms. The van der Waals surface area contributed by atoms with E-state index >= 15 is 0 Å². The molecule has 0 aromatic heterocycles. The standard InChI is InChI=1S/C27H32N2O4/c1-32-23-12-10-21(11-13-23)27(14-6-3-7-15-27)25(31)28-17-16-26(19-28)20-29(24(30)18-33-26)22-8-4-2-5-9-22/h2,4-5,8-13H,3,6-7,14-20H2,1H3. The predicted molar refractivity (Wildman–Crippen MR) is 126 cm³/mol. The molecule has 2 aromatic rings. The van der Waals surface area contributed by atoms with Crippen molar-refractivity contribution in [2.45, 2.75) is 49.5 Å². The molecule has 1 unspecified atom stereocenters. The lowest BCUT2D eigenvalue weighted by molar-refractivity contribution is -0.142. The van der Waals surface area contributed by atoms with Crippen molar-refractivity contribution in [1.82, 2.24) is 4.90 Å². The Labute approximate surface area is 195 Å². The molecule has 3 aliphatic rings. The van der Waals surface area contributed by atoms with Crippen molar-refractivity contribution in [3.05, 3.63) is 60.2 Å². The fraction of sp³-hybridized carbons (Fsp3) is 0.481. The second kappa shape index (κ2) is 8.82. The molecule has 1 spiro atoms. The number of nitrogens with zero attached hydrogens (tertiary/aromatic N) is 2. The van der Waals surface area contributed by atoms with Gasteiger partial charge in [-0.25, -0.2) is 0 Å². The summed E-state index contributed by atoms with van der Waals surface area (Å²) in [4.78, 5) is 30.5. The quantitative estimate of drug-likeness (QED) is 0.711. The van der Waals surface area contributed by atoms with E-state index in [0.717, 1.165) is 49.1 Å². The van der Waals surface area contributed by atoms with Gasteiger partial charge in [-0.2, -0.15) is 0 Å². The molecule has 6 heteroatoms. The highest BCUT2D eigenvalue weighted by Crippen LogP contribution is 2.43. The van der Waals surface area contributed by atoms with E-state index in [-0.39, 0.29) is 18.4 Å². The van der Waals surface area contributed by atoms with Crippen LogP contribution in [0.15, 0.2) is 54.6 Å². The van der Waals surface area contributed by atoms with E-state index < -0.39 is 11.0 Å². The van der Waals surface area contributed by atoms with Gasteiger partial charge in [0, 0.05) is 12.2 Å². The van der Waals surface area contributed by atoms with Crippen LogP contribution in [0.4, 0.5) is 5.69 Å². The van der Waals surface area contributed by atoms with Gasteiger partial charge in [-0.05, 0) is 49.1 Å². The van der Waals surface area contributed by atoms with Crippen molar-refractivity contribution in [3.63, 3.8) is 0 Å². The Morgan fingerprint density at radius 1 is 0.939 bits per heavy atom. The van der Waals surface area contributed by atoms with Gasteiger partial charge in [0.15, 0.2) is 0 Å². The molecular formula is C27H32N2O4. The van der Waals surface area contributed by atoms with Crippen LogP contribution < -0.4 is 9.64 Å². The lowest BCUT2D eigenvalue weighted by Gasteiger charge is -2.42. The van der Waals surface area contributed by atoms with Crippen molar-refractivity contribution in [1.29, 1.82) is 0 Å². The SMILES string of the molecule is COc1ccc(C2(C(=O)N3CCC4(C3)CN(c3ccccc3)C(=O)CO4)CCCCC2)cc1. The smallest absolute Gasteiger partial charge is 0.253 e. The minimum atomic E-state index is -0.505. The molecule has 2 amide bonds. The number of morpholine rings is 1. The van der Waals surface area contributed by atoms with Crippen LogP contribution in [0.2, 0.25) is 0 Å². The third-order valence-electron chi connectivity index (χ3n) is 7.68. The Balaban J connectivity index is 1.38. The van der Waals surface area contributed by atoms with E-state index in [4.69, 9.17) is 9.47 Å². The molecule has 2 saturated heterocycles. The first-order valence-corrected chi connectivity index (χ1v) is 12.0. The fourth-order valence-corrected chi connectivity index (χ4v) is 5.82. The number of carbonyl (C=O) groups is 2. The minimum absolute atomic E-state index is 0.0291. The molecule has 2 heterocycles. The van der Waals surface area contributed by atoms with E-state index in [1.54, 1.807) is 7.11 Å². The molecule has 6 nitrogen and oxygen atoms in total. The van der Waals surface area contributed by atoms with Crippen molar-refractivity contribution >= 4 is 17.5 Å². The Hall–Kier alpha value is -2.86. The summed E-state index contributed by atoms with van der Waals surface area (Å²) in [5.74, 6) is 0.980. The summed E-state index contributed by atoms with van der Waals surface area (Å²) in [6.07, 6.45) is 5.78. The lowest BCUT2D eigenvalue weighted by atomic mass is 9.68. The van der Waals surface area contributed by atoms with Crippen LogP contribution in [0, 0.1) is 0 Å². The maximum atomic E-state index is 14.1. The van der Waals surface area contributed by atoms with Gasteiger partial charge in [0.1, 0.15) is 18.0 Å². The molecule has 174 valence electrons. The number of likely N-dealkylation sites (tertiary alicyclic amines) is 1. The average molecular weight is 449 g/mol. The molecule has 33 heavy (non-hydrogen) atoms. The number of ether oxygens (including phenoxy) is 2. The van der Waals surface area contributed by atoms with E-state index in [2.05, 4.69) is 12.1 Å². The summed E-state index contributed by atoms with van der Waals surface area (Å²) >= 11 is 0. The molecular weight excluding hydrogens is 416 g/mol. The van der Waals surface area contributed by atoms with Crippen LogP contribution in [0.1, 0.15) is 44.1 Å². The van der Waals surface area contributed by atoms with Crippen LogP contribution in [0.5, 0.6) is 5.75 Å². The van der Waals surface area contributed by atoms with Gasteiger partial charge in [-0.3, -0.25) is 9.59 Å². The number of hydrogen-bond donors (Lipinski definition) is 0. The van der Waals surface area contributed by atoms with E-state index in [0.29, 0.717) is 19.6 Å². The van der Waals surface area contributed by atoms with Gasteiger partial charge in [0.2, 0.25) is 5.91 Å². The number of carbonyl (C=O) groups excluding carboxylic acids is 2. The van der Waals surface area contributed by atoms with Gasteiger partial charge in [0.05, 0.1) is 25.6 Å². The zero-order valence-electron chi connectivity index (χ0n) is 19.3. The number of anilines is 1. The van der Waals surface area contributed by atoms with Crippen molar-refractivity contribution in [2.75, 3.05) is 38.3 Å². The zero-order chi connectivity index (χ0) is 22.9. The topological polar surface area (TPSA) is 59.1 Å². The maximum Gasteiger partial charge on any atom is 0.253 e. The Morgan fingerprint density at radius 2 is 1.67 bits per heavy atom. The summed E-state index contributed by atoms with van der Waals surface area (Å²) in [5.41, 5.74) is 0.978. The summed E-state index contributed by atoms with van der Waals surface area (Å²) in [7, 11) is 1.66. The maximum absolute atomic E-state index is 14.1. The van der Waals surface area contributed by atoms with E-state index in [1.807, 2.05) is 52.3 Å². The average Bonchev–Trinajstić information content (AvgIpc) is 3.29. The van der Waals surface area contributed by atoms with Crippen LogP contribution in [-0.2, 0) is 19.7 Å². The highest BCUT2D eigenvalue weighted by Gasteiger charge is 2.51. The van der Waals surface area contributed by atoms with Crippen LogP contribution in [-0.4, -0.2) is 55.7 Å². The van der Waals surface area contributed by atoms with E-state index in [1.165, 1.54) is 6.42 Å². The van der Waals surface area contributed by atoms with Crippen LogP contribution >= 0.6 is 0 Å². The monoisotopic (exact) mass is 448 g/mol. The summed E-state index contributed by atoms with van der Waals surface area (Å²) in [5, 5.41) is 0. The molecule has 1 saturated carbocycles. The highest BCUT2D eigenvalue weighted by molar-refractivity contribution is 5.95. The zero-order valence-corrected chi connectivity index (χ0v) is 19.3.